The van der Waals surface area contributed by atoms with E-state index in [-0.39, 0.29) is 6.04 Å². The first-order chi connectivity index (χ1) is 5.86. The average Bonchev–Trinajstić information content (AvgIpc) is 2.54. The van der Waals surface area contributed by atoms with Gasteiger partial charge >= 0.3 is 0 Å². The molecule has 0 amide bonds. The highest BCUT2D eigenvalue weighted by molar-refractivity contribution is 7.80. The van der Waals surface area contributed by atoms with E-state index in [0.29, 0.717) is 5.11 Å². The minimum atomic E-state index is 0.235. The second kappa shape index (κ2) is 3.06. The molecule has 0 aromatic carbocycles. The summed E-state index contributed by atoms with van der Waals surface area (Å²) in [5.74, 6) is 0. The minimum Gasteiger partial charge on any atom is -0.360 e. The molecule has 0 saturated carbocycles. The van der Waals surface area contributed by atoms with Crippen LogP contribution in [-0.2, 0) is 0 Å². The molecule has 12 heavy (non-hydrogen) atoms. The van der Waals surface area contributed by atoms with E-state index in [0.717, 1.165) is 12.2 Å². The Hall–Kier alpha value is -1.16. The second-order valence-corrected chi connectivity index (χ2v) is 3.07. The van der Waals surface area contributed by atoms with Crippen molar-refractivity contribution in [3.8, 4) is 0 Å². The van der Waals surface area contributed by atoms with Crippen LogP contribution in [0.5, 0.6) is 0 Å². The van der Waals surface area contributed by atoms with E-state index < -0.39 is 0 Å². The molecule has 1 saturated heterocycles. The van der Waals surface area contributed by atoms with Gasteiger partial charge in [0.1, 0.15) is 0 Å². The highest BCUT2D eigenvalue weighted by Gasteiger charge is 2.19. The average molecular weight is 179 g/mol. The standard InChI is InChI=1S/C8H9N3S/c12-8-10-5-7(11-8)6-3-1-2-4-9-6/h1-4,7H,5H2,(H2,10,11,12). The van der Waals surface area contributed by atoms with Crippen LogP contribution < -0.4 is 10.6 Å². The van der Waals surface area contributed by atoms with Crippen molar-refractivity contribution in [1.82, 2.24) is 15.6 Å². The molecule has 2 N–H and O–H groups in total. The lowest BCUT2D eigenvalue weighted by molar-refractivity contribution is 0.683. The first-order valence-electron chi connectivity index (χ1n) is 3.81. The highest BCUT2D eigenvalue weighted by Crippen LogP contribution is 2.11. The van der Waals surface area contributed by atoms with Crippen molar-refractivity contribution in [3.05, 3.63) is 30.1 Å². The van der Waals surface area contributed by atoms with Gasteiger partial charge in [-0.05, 0) is 24.4 Å². The van der Waals surface area contributed by atoms with Gasteiger partial charge in [-0.25, -0.2) is 0 Å². The third-order valence-electron chi connectivity index (χ3n) is 1.82. The molecule has 0 spiro atoms. The van der Waals surface area contributed by atoms with Gasteiger partial charge in [-0.3, -0.25) is 4.98 Å². The molecule has 1 unspecified atom stereocenters. The largest absolute Gasteiger partial charge is 0.360 e. The molecular formula is C8H9N3S. The summed E-state index contributed by atoms with van der Waals surface area (Å²) >= 11 is 4.95. The maximum absolute atomic E-state index is 4.95. The molecule has 1 aliphatic heterocycles. The molecule has 1 aliphatic rings. The van der Waals surface area contributed by atoms with Gasteiger partial charge < -0.3 is 10.6 Å². The predicted octanol–water partition coefficient (Wildman–Crippen LogP) is 0.600. The summed E-state index contributed by atoms with van der Waals surface area (Å²) in [4.78, 5) is 4.23. The number of hydrogen-bond acceptors (Lipinski definition) is 2. The number of nitrogens with one attached hydrogen (secondary N) is 2. The summed E-state index contributed by atoms with van der Waals surface area (Å²) < 4.78 is 0. The minimum absolute atomic E-state index is 0.235. The summed E-state index contributed by atoms with van der Waals surface area (Å²) in [6, 6.07) is 6.11. The normalized spacial score (nSPS) is 21.7. The quantitative estimate of drug-likeness (QED) is 0.619. The zero-order chi connectivity index (χ0) is 8.39. The lowest BCUT2D eigenvalue weighted by Crippen LogP contribution is -2.21. The van der Waals surface area contributed by atoms with Gasteiger partial charge in [-0.15, -0.1) is 0 Å². The molecule has 2 heterocycles. The van der Waals surface area contributed by atoms with Crippen LogP contribution >= 0.6 is 12.2 Å². The van der Waals surface area contributed by atoms with Gasteiger partial charge in [0.15, 0.2) is 5.11 Å². The number of pyridine rings is 1. The zero-order valence-electron chi connectivity index (χ0n) is 6.45. The Morgan fingerprint density at radius 1 is 1.50 bits per heavy atom. The van der Waals surface area contributed by atoms with Gasteiger partial charge in [0.25, 0.3) is 0 Å². The molecule has 0 radical (unpaired) electrons. The van der Waals surface area contributed by atoms with Gasteiger partial charge in [0, 0.05) is 12.7 Å². The second-order valence-electron chi connectivity index (χ2n) is 2.66. The monoisotopic (exact) mass is 179 g/mol. The summed E-state index contributed by atoms with van der Waals surface area (Å²) in [7, 11) is 0. The maximum atomic E-state index is 4.95. The molecule has 1 atom stereocenters. The van der Waals surface area contributed by atoms with Crippen LogP contribution in [0, 0.1) is 0 Å². The first-order valence-corrected chi connectivity index (χ1v) is 4.22. The lowest BCUT2D eigenvalue weighted by Gasteiger charge is -2.06. The van der Waals surface area contributed by atoms with Crippen LogP contribution in [0.2, 0.25) is 0 Å². The van der Waals surface area contributed by atoms with Gasteiger partial charge in [-0.1, -0.05) is 6.07 Å². The topological polar surface area (TPSA) is 37.0 Å². The molecule has 0 bridgehead atoms. The van der Waals surface area contributed by atoms with Crippen LogP contribution in [0.3, 0.4) is 0 Å². The Labute approximate surface area is 76.2 Å². The molecule has 3 nitrogen and oxygen atoms in total. The van der Waals surface area contributed by atoms with Crippen molar-refractivity contribution in [2.75, 3.05) is 6.54 Å². The Morgan fingerprint density at radius 2 is 2.42 bits per heavy atom. The summed E-state index contributed by atoms with van der Waals surface area (Å²) in [6.45, 7) is 0.829. The molecule has 1 aromatic heterocycles. The van der Waals surface area contributed by atoms with E-state index in [1.807, 2.05) is 18.2 Å². The molecule has 1 aromatic rings. The van der Waals surface area contributed by atoms with E-state index in [9.17, 15) is 0 Å². The van der Waals surface area contributed by atoms with E-state index in [1.165, 1.54) is 0 Å². The Kier molecular flexibility index (Phi) is 1.91. The Balaban J connectivity index is 2.16. The van der Waals surface area contributed by atoms with Crippen molar-refractivity contribution in [1.29, 1.82) is 0 Å². The van der Waals surface area contributed by atoms with Crippen LogP contribution in [-0.4, -0.2) is 16.6 Å². The van der Waals surface area contributed by atoms with Gasteiger partial charge in [0.05, 0.1) is 11.7 Å². The maximum Gasteiger partial charge on any atom is 0.166 e. The summed E-state index contributed by atoms with van der Waals surface area (Å²) in [5.41, 5.74) is 1.03. The number of thiocarbonyl (C=S) groups is 1. The third kappa shape index (κ3) is 1.38. The Morgan fingerprint density at radius 3 is 3.00 bits per heavy atom. The van der Waals surface area contributed by atoms with Crippen LogP contribution in [0.1, 0.15) is 11.7 Å². The van der Waals surface area contributed by atoms with Crippen molar-refractivity contribution in [2.24, 2.45) is 0 Å². The first kappa shape index (κ1) is 7.49. The number of hydrogen-bond donors (Lipinski definition) is 2. The lowest BCUT2D eigenvalue weighted by atomic mass is 10.2. The van der Waals surface area contributed by atoms with E-state index in [4.69, 9.17) is 12.2 Å². The number of aromatic nitrogens is 1. The van der Waals surface area contributed by atoms with E-state index in [2.05, 4.69) is 15.6 Å². The van der Waals surface area contributed by atoms with Crippen molar-refractivity contribution >= 4 is 17.3 Å². The molecule has 0 aliphatic carbocycles. The third-order valence-corrected chi connectivity index (χ3v) is 2.08. The van der Waals surface area contributed by atoms with Crippen molar-refractivity contribution < 1.29 is 0 Å². The van der Waals surface area contributed by atoms with Crippen molar-refractivity contribution in [2.45, 2.75) is 6.04 Å². The molecule has 62 valence electrons. The predicted molar refractivity (Wildman–Crippen MR) is 50.7 cm³/mol. The van der Waals surface area contributed by atoms with Crippen LogP contribution in [0.25, 0.3) is 0 Å². The zero-order valence-corrected chi connectivity index (χ0v) is 7.27. The van der Waals surface area contributed by atoms with Crippen LogP contribution in [0.15, 0.2) is 24.4 Å². The molecule has 2 rings (SSSR count). The van der Waals surface area contributed by atoms with E-state index >= 15 is 0 Å². The fourth-order valence-electron chi connectivity index (χ4n) is 1.22. The fourth-order valence-corrected chi connectivity index (χ4v) is 1.44. The smallest absolute Gasteiger partial charge is 0.166 e. The van der Waals surface area contributed by atoms with Gasteiger partial charge in [-0.2, -0.15) is 0 Å². The molecular weight excluding hydrogens is 170 g/mol. The highest BCUT2D eigenvalue weighted by atomic mass is 32.1. The Bertz CT molecular complexity index is 286. The van der Waals surface area contributed by atoms with Crippen LogP contribution in [0.4, 0.5) is 0 Å². The van der Waals surface area contributed by atoms with E-state index in [1.54, 1.807) is 6.20 Å². The van der Waals surface area contributed by atoms with Crippen molar-refractivity contribution in [3.63, 3.8) is 0 Å². The SMILES string of the molecule is S=C1NCC(c2ccccn2)N1. The number of nitrogens with zero attached hydrogens (tertiary/aromatic N) is 1. The molecule has 4 heteroatoms. The van der Waals surface area contributed by atoms with Gasteiger partial charge in [0.2, 0.25) is 0 Å². The number of rotatable bonds is 1. The fraction of sp³-hybridized carbons (Fsp3) is 0.250. The summed E-state index contributed by atoms with van der Waals surface area (Å²) in [5, 5.41) is 6.89. The molecule has 1 fully saturated rings. The summed E-state index contributed by atoms with van der Waals surface area (Å²) in [6.07, 6.45) is 1.79.